The van der Waals surface area contributed by atoms with Gasteiger partial charge in [-0.1, -0.05) is 6.07 Å². The van der Waals surface area contributed by atoms with Crippen molar-refractivity contribution >= 4 is 5.69 Å². The molecule has 2 nitrogen and oxygen atoms in total. The maximum Gasteiger partial charge on any atom is 0.124 e. The molecule has 0 amide bonds. The lowest BCUT2D eigenvalue weighted by Gasteiger charge is -2.31. The van der Waals surface area contributed by atoms with Crippen LogP contribution in [0.5, 0.6) is 0 Å². The van der Waals surface area contributed by atoms with Crippen molar-refractivity contribution < 1.29 is 8.78 Å². The van der Waals surface area contributed by atoms with Crippen LogP contribution in [0.15, 0.2) is 36.4 Å². The van der Waals surface area contributed by atoms with Gasteiger partial charge in [-0.25, -0.2) is 8.78 Å². The van der Waals surface area contributed by atoms with Crippen molar-refractivity contribution in [3.05, 3.63) is 64.7 Å². The number of fused-ring (bicyclic) bond motifs is 1. The van der Waals surface area contributed by atoms with Crippen LogP contribution < -0.4 is 4.90 Å². The predicted octanol–water partition coefficient (Wildman–Crippen LogP) is 3.40. The minimum atomic E-state index is -0.412. The summed E-state index contributed by atoms with van der Waals surface area (Å²) >= 11 is 0. The summed E-state index contributed by atoms with van der Waals surface area (Å²) in [7, 11) is 0. The standard InChI is InChI=1S/C16H12F2N2/c17-14-2-1-12-10-20(6-5-11(12)7-14)16-4-3-15(18)8-13(16)9-19/h1-4,7-8H,5-6,10H2. The predicted molar refractivity (Wildman–Crippen MR) is 72.3 cm³/mol. The summed E-state index contributed by atoms with van der Waals surface area (Å²) in [6.45, 7) is 1.30. The van der Waals surface area contributed by atoms with Crippen molar-refractivity contribution in [2.75, 3.05) is 11.4 Å². The Balaban J connectivity index is 1.95. The fourth-order valence-electron chi connectivity index (χ4n) is 2.60. The van der Waals surface area contributed by atoms with E-state index in [1.165, 1.54) is 18.2 Å². The zero-order chi connectivity index (χ0) is 14.1. The summed E-state index contributed by atoms with van der Waals surface area (Å²) in [6, 6.07) is 11.0. The van der Waals surface area contributed by atoms with Crippen LogP contribution in [0.1, 0.15) is 16.7 Å². The summed E-state index contributed by atoms with van der Waals surface area (Å²) < 4.78 is 26.4. The highest BCUT2D eigenvalue weighted by Crippen LogP contribution is 2.27. The smallest absolute Gasteiger partial charge is 0.124 e. The van der Waals surface area contributed by atoms with Crippen molar-refractivity contribution in [2.24, 2.45) is 0 Å². The monoisotopic (exact) mass is 270 g/mol. The van der Waals surface area contributed by atoms with Gasteiger partial charge in [0.05, 0.1) is 11.3 Å². The molecule has 0 saturated carbocycles. The highest BCUT2D eigenvalue weighted by Gasteiger charge is 2.19. The molecule has 0 fully saturated rings. The Morgan fingerprint density at radius 1 is 1.00 bits per heavy atom. The third-order valence-corrected chi connectivity index (χ3v) is 3.60. The van der Waals surface area contributed by atoms with Gasteiger partial charge < -0.3 is 4.90 Å². The maximum atomic E-state index is 13.2. The van der Waals surface area contributed by atoms with Crippen LogP contribution in [0.4, 0.5) is 14.5 Å². The molecule has 20 heavy (non-hydrogen) atoms. The quantitative estimate of drug-likeness (QED) is 0.794. The Kier molecular flexibility index (Phi) is 3.11. The van der Waals surface area contributed by atoms with E-state index >= 15 is 0 Å². The van der Waals surface area contributed by atoms with Crippen LogP contribution in [0.3, 0.4) is 0 Å². The fourth-order valence-corrected chi connectivity index (χ4v) is 2.60. The van der Waals surface area contributed by atoms with E-state index in [0.717, 1.165) is 23.2 Å². The molecule has 4 heteroatoms. The Hall–Kier alpha value is -2.41. The molecule has 0 saturated heterocycles. The van der Waals surface area contributed by atoms with Crippen LogP contribution in [-0.4, -0.2) is 6.54 Å². The third kappa shape index (κ3) is 2.23. The number of halogens is 2. The first kappa shape index (κ1) is 12.6. The van der Waals surface area contributed by atoms with E-state index in [1.807, 2.05) is 11.0 Å². The van der Waals surface area contributed by atoms with Gasteiger partial charge >= 0.3 is 0 Å². The van der Waals surface area contributed by atoms with Gasteiger partial charge in [-0.3, -0.25) is 0 Å². The lowest BCUT2D eigenvalue weighted by atomic mass is 9.98. The van der Waals surface area contributed by atoms with Gasteiger partial charge in [0.15, 0.2) is 0 Å². The first-order valence-corrected chi connectivity index (χ1v) is 6.39. The van der Waals surface area contributed by atoms with Gasteiger partial charge in [0.1, 0.15) is 17.7 Å². The average molecular weight is 270 g/mol. The topological polar surface area (TPSA) is 27.0 Å². The molecule has 1 aliphatic heterocycles. The summed E-state index contributed by atoms with van der Waals surface area (Å²) in [5, 5.41) is 9.11. The molecule has 2 aromatic rings. The van der Waals surface area contributed by atoms with Crippen LogP contribution in [0.25, 0.3) is 0 Å². The number of hydrogen-bond acceptors (Lipinski definition) is 2. The molecular formula is C16H12F2N2. The fraction of sp³-hybridized carbons (Fsp3) is 0.188. The molecule has 0 radical (unpaired) electrons. The van der Waals surface area contributed by atoms with Crippen molar-refractivity contribution in [3.8, 4) is 6.07 Å². The number of nitrogens with zero attached hydrogens (tertiary/aromatic N) is 2. The van der Waals surface area contributed by atoms with Crippen LogP contribution in [0, 0.1) is 23.0 Å². The molecule has 2 aromatic carbocycles. The number of benzene rings is 2. The summed E-state index contributed by atoms with van der Waals surface area (Å²) in [6.07, 6.45) is 0.718. The molecule has 0 aromatic heterocycles. The zero-order valence-corrected chi connectivity index (χ0v) is 10.7. The minimum Gasteiger partial charge on any atom is -0.366 e. The number of hydrogen-bond donors (Lipinski definition) is 0. The van der Waals surface area contributed by atoms with Crippen LogP contribution in [-0.2, 0) is 13.0 Å². The third-order valence-electron chi connectivity index (χ3n) is 3.60. The molecule has 100 valence electrons. The number of rotatable bonds is 1. The minimum absolute atomic E-state index is 0.225. The summed E-state index contributed by atoms with van der Waals surface area (Å²) in [5.41, 5.74) is 3.10. The van der Waals surface area contributed by atoms with Crippen LogP contribution in [0.2, 0.25) is 0 Å². The normalized spacial score (nSPS) is 13.8. The average Bonchev–Trinajstić information content (AvgIpc) is 2.46. The number of anilines is 1. The highest BCUT2D eigenvalue weighted by molar-refractivity contribution is 5.60. The van der Waals surface area contributed by atoms with Gasteiger partial charge in [-0.05, 0) is 47.9 Å². The second kappa shape index (κ2) is 4.93. The molecule has 3 rings (SSSR count). The molecule has 0 unspecified atom stereocenters. The lowest BCUT2D eigenvalue weighted by molar-refractivity contribution is 0.618. The van der Waals surface area contributed by atoms with Crippen molar-refractivity contribution in [3.63, 3.8) is 0 Å². The SMILES string of the molecule is N#Cc1cc(F)ccc1N1CCc2cc(F)ccc2C1. The van der Waals surface area contributed by atoms with E-state index in [9.17, 15) is 8.78 Å². The Morgan fingerprint density at radius 2 is 1.75 bits per heavy atom. The first-order valence-electron chi connectivity index (χ1n) is 6.39. The maximum absolute atomic E-state index is 13.2. The van der Waals surface area contributed by atoms with E-state index in [1.54, 1.807) is 18.2 Å². The van der Waals surface area contributed by atoms with Gasteiger partial charge in [0, 0.05) is 13.1 Å². The molecule has 0 bridgehead atoms. The molecular weight excluding hydrogens is 258 g/mol. The van der Waals surface area contributed by atoms with E-state index in [-0.39, 0.29) is 5.82 Å². The molecule has 0 aliphatic carbocycles. The second-order valence-electron chi connectivity index (χ2n) is 4.86. The van der Waals surface area contributed by atoms with Crippen molar-refractivity contribution in [2.45, 2.75) is 13.0 Å². The zero-order valence-electron chi connectivity index (χ0n) is 10.7. The molecule has 0 atom stereocenters. The van der Waals surface area contributed by atoms with Crippen molar-refractivity contribution in [1.29, 1.82) is 5.26 Å². The van der Waals surface area contributed by atoms with E-state index < -0.39 is 5.82 Å². The second-order valence-corrected chi connectivity index (χ2v) is 4.86. The highest BCUT2D eigenvalue weighted by atomic mass is 19.1. The lowest BCUT2D eigenvalue weighted by Crippen LogP contribution is -2.31. The van der Waals surface area contributed by atoms with Gasteiger partial charge in [-0.2, -0.15) is 5.26 Å². The van der Waals surface area contributed by atoms with E-state index in [2.05, 4.69) is 0 Å². The molecule has 1 aliphatic rings. The Labute approximate surface area is 115 Å². The van der Waals surface area contributed by atoms with Crippen molar-refractivity contribution in [1.82, 2.24) is 0 Å². The Morgan fingerprint density at radius 3 is 2.55 bits per heavy atom. The van der Waals surface area contributed by atoms with Gasteiger partial charge in [0.25, 0.3) is 0 Å². The summed E-state index contributed by atoms with van der Waals surface area (Å²) in [5.74, 6) is -0.638. The largest absolute Gasteiger partial charge is 0.366 e. The number of nitriles is 1. The molecule has 0 N–H and O–H groups in total. The molecule has 0 spiro atoms. The molecule has 1 heterocycles. The first-order chi connectivity index (χ1) is 9.67. The Bertz CT molecular complexity index is 704. The van der Waals surface area contributed by atoms with Gasteiger partial charge in [0.2, 0.25) is 0 Å². The van der Waals surface area contributed by atoms with Gasteiger partial charge in [-0.15, -0.1) is 0 Å². The van der Waals surface area contributed by atoms with E-state index in [4.69, 9.17) is 5.26 Å². The van der Waals surface area contributed by atoms with Crippen LogP contribution >= 0.6 is 0 Å². The summed E-state index contributed by atoms with van der Waals surface area (Å²) in [4.78, 5) is 2.03. The van der Waals surface area contributed by atoms with E-state index in [0.29, 0.717) is 18.7 Å².